The van der Waals surface area contributed by atoms with E-state index in [1.807, 2.05) is 10.4 Å². The molecule has 0 bridgehead atoms. The van der Waals surface area contributed by atoms with Crippen molar-refractivity contribution in [2.24, 2.45) is 11.8 Å². The molecule has 224 valence electrons. The molecule has 2 aliphatic carbocycles. The summed E-state index contributed by atoms with van der Waals surface area (Å²) >= 11 is 0. The van der Waals surface area contributed by atoms with Gasteiger partial charge in [0.1, 0.15) is 16.4 Å². The minimum absolute atomic E-state index is 0.00283. The SMILES string of the molecule is COc1ccc(-c2ccc(CS(=O)(=O)CC(=O)NCCO)cc2)cc1S(=O)(=O)N1C2CCCCC2C2CCCCC21. The molecule has 3 fully saturated rings. The Hall–Kier alpha value is -2.47. The number of aliphatic hydroxyl groups is 1. The summed E-state index contributed by atoms with van der Waals surface area (Å²) in [5.41, 5.74) is 1.97. The van der Waals surface area contributed by atoms with Gasteiger partial charge in [0, 0.05) is 18.6 Å². The van der Waals surface area contributed by atoms with E-state index in [2.05, 4.69) is 5.32 Å². The summed E-state index contributed by atoms with van der Waals surface area (Å²) in [5, 5.41) is 11.2. The maximum absolute atomic E-state index is 14.4. The molecule has 9 nitrogen and oxygen atoms in total. The number of nitrogens with one attached hydrogen (secondary N) is 1. The van der Waals surface area contributed by atoms with Crippen LogP contribution < -0.4 is 10.1 Å². The molecule has 4 unspecified atom stereocenters. The lowest BCUT2D eigenvalue weighted by Crippen LogP contribution is -2.44. The Morgan fingerprint density at radius 2 is 1.49 bits per heavy atom. The van der Waals surface area contributed by atoms with Crippen LogP contribution in [-0.2, 0) is 30.4 Å². The molecular weight excluding hydrogens is 564 g/mol. The van der Waals surface area contributed by atoms with Gasteiger partial charge >= 0.3 is 0 Å². The number of nitrogens with zero attached hydrogens (tertiary/aromatic N) is 1. The van der Waals surface area contributed by atoms with Gasteiger partial charge in [-0.15, -0.1) is 0 Å². The number of aliphatic hydroxyl groups excluding tert-OH is 1. The first kappa shape index (κ1) is 30.0. The Kier molecular flexibility index (Phi) is 9.08. The highest BCUT2D eigenvalue weighted by molar-refractivity contribution is 7.91. The van der Waals surface area contributed by atoms with E-state index in [0.29, 0.717) is 28.7 Å². The molecule has 2 saturated carbocycles. The standard InChI is InChI=1S/C30H40N2O7S2/c1-39-28-15-14-23(22-12-10-21(11-13-22)19-40(35,36)20-30(34)31-16-17-33)18-29(28)41(37,38)32-26-8-4-2-6-24(26)25-7-3-5-9-27(25)32/h10-15,18,24-27,33H,2-9,16-17,19-20H2,1H3,(H,31,34). The summed E-state index contributed by atoms with van der Waals surface area (Å²) in [7, 11) is -6.04. The Morgan fingerprint density at radius 1 is 0.902 bits per heavy atom. The first-order chi connectivity index (χ1) is 19.6. The summed E-state index contributed by atoms with van der Waals surface area (Å²) in [4.78, 5) is 12.0. The van der Waals surface area contributed by atoms with Crippen molar-refractivity contribution in [2.45, 2.75) is 74.1 Å². The molecule has 0 radical (unpaired) electrons. The van der Waals surface area contributed by atoms with Crippen LogP contribution in [0.4, 0.5) is 0 Å². The largest absolute Gasteiger partial charge is 0.495 e. The fraction of sp³-hybridized carbons (Fsp3) is 0.567. The van der Waals surface area contributed by atoms with Crippen LogP contribution in [0.5, 0.6) is 5.75 Å². The Labute approximate surface area is 243 Å². The van der Waals surface area contributed by atoms with Crippen LogP contribution in [0.1, 0.15) is 56.9 Å². The third kappa shape index (κ3) is 6.33. The number of fused-ring (bicyclic) bond motifs is 3. The van der Waals surface area contributed by atoms with Gasteiger partial charge in [0.2, 0.25) is 15.9 Å². The average molecular weight is 605 g/mol. The first-order valence-electron chi connectivity index (χ1n) is 14.5. The fourth-order valence-electron chi connectivity index (χ4n) is 7.23. The van der Waals surface area contributed by atoms with Crippen LogP contribution in [0.3, 0.4) is 0 Å². The van der Waals surface area contributed by atoms with Crippen molar-refractivity contribution in [1.29, 1.82) is 0 Å². The first-order valence-corrected chi connectivity index (χ1v) is 17.8. The van der Waals surface area contributed by atoms with Crippen LogP contribution in [0.2, 0.25) is 0 Å². The third-order valence-electron chi connectivity index (χ3n) is 8.94. The number of ether oxygens (including phenoxy) is 1. The van der Waals surface area contributed by atoms with Gasteiger partial charge in [0.15, 0.2) is 9.84 Å². The van der Waals surface area contributed by atoms with Gasteiger partial charge in [-0.05, 0) is 66.3 Å². The average Bonchev–Trinajstić information content (AvgIpc) is 3.31. The van der Waals surface area contributed by atoms with E-state index >= 15 is 0 Å². The summed E-state index contributed by atoms with van der Waals surface area (Å²) in [5.74, 6) is -0.427. The van der Waals surface area contributed by atoms with E-state index in [1.165, 1.54) is 20.0 Å². The maximum atomic E-state index is 14.4. The quantitative estimate of drug-likeness (QED) is 0.425. The number of carbonyl (C=O) groups excluding carboxylic acids is 1. The van der Waals surface area contributed by atoms with Gasteiger partial charge in [-0.25, -0.2) is 16.8 Å². The predicted octanol–water partition coefficient (Wildman–Crippen LogP) is 3.51. The van der Waals surface area contributed by atoms with Crippen LogP contribution >= 0.6 is 0 Å². The lowest BCUT2D eigenvalue weighted by atomic mass is 9.73. The number of benzene rings is 2. The molecule has 11 heteroatoms. The molecule has 0 spiro atoms. The zero-order chi connectivity index (χ0) is 29.2. The highest BCUT2D eigenvalue weighted by Gasteiger charge is 2.54. The number of methoxy groups -OCH3 is 1. The van der Waals surface area contributed by atoms with Gasteiger partial charge < -0.3 is 15.2 Å². The summed E-state index contributed by atoms with van der Waals surface area (Å²) in [6.07, 6.45) is 8.47. The molecule has 41 heavy (non-hydrogen) atoms. The smallest absolute Gasteiger partial charge is 0.247 e. The molecule has 4 atom stereocenters. The molecule has 1 amide bonds. The van der Waals surface area contributed by atoms with Gasteiger partial charge in [0.05, 0.1) is 19.5 Å². The molecule has 1 saturated heterocycles. The molecule has 0 aromatic heterocycles. The Balaban J connectivity index is 1.40. The topological polar surface area (TPSA) is 130 Å². The molecule has 2 aromatic rings. The molecule has 1 heterocycles. The second-order valence-corrected chi connectivity index (χ2v) is 15.4. The van der Waals surface area contributed by atoms with Crippen LogP contribution in [0.15, 0.2) is 47.4 Å². The number of rotatable bonds is 10. The normalized spacial score (nSPS) is 24.8. The number of sulfonamides is 1. The maximum Gasteiger partial charge on any atom is 0.247 e. The number of hydrogen-bond acceptors (Lipinski definition) is 7. The lowest BCUT2D eigenvalue weighted by Gasteiger charge is -2.33. The third-order valence-corrected chi connectivity index (χ3v) is 12.4. The van der Waals surface area contributed by atoms with Crippen LogP contribution in [0, 0.1) is 11.8 Å². The molecule has 5 rings (SSSR count). The zero-order valence-electron chi connectivity index (χ0n) is 23.5. The number of amides is 1. The van der Waals surface area contributed by atoms with Crippen molar-refractivity contribution < 1.29 is 31.5 Å². The summed E-state index contributed by atoms with van der Waals surface area (Å²) < 4.78 is 61.2. The minimum atomic E-state index is -3.83. The van der Waals surface area contributed by atoms with Gasteiger partial charge in [-0.1, -0.05) is 56.0 Å². The second kappa shape index (κ2) is 12.4. The van der Waals surface area contributed by atoms with E-state index in [0.717, 1.165) is 44.1 Å². The van der Waals surface area contributed by atoms with Crippen molar-refractivity contribution in [2.75, 3.05) is 26.0 Å². The van der Waals surface area contributed by atoms with Crippen molar-refractivity contribution in [3.63, 3.8) is 0 Å². The van der Waals surface area contributed by atoms with Crippen molar-refractivity contribution in [3.05, 3.63) is 48.0 Å². The molecule has 1 aliphatic heterocycles. The van der Waals surface area contributed by atoms with Crippen LogP contribution in [-0.4, -0.2) is 70.3 Å². The minimum Gasteiger partial charge on any atom is -0.495 e. The fourth-order valence-corrected chi connectivity index (χ4v) is 10.7. The molecule has 3 aliphatic rings. The van der Waals surface area contributed by atoms with E-state index in [9.17, 15) is 21.6 Å². The van der Waals surface area contributed by atoms with Gasteiger partial charge in [-0.2, -0.15) is 4.31 Å². The van der Waals surface area contributed by atoms with E-state index in [4.69, 9.17) is 9.84 Å². The van der Waals surface area contributed by atoms with Crippen molar-refractivity contribution in [1.82, 2.24) is 9.62 Å². The summed E-state index contributed by atoms with van der Waals surface area (Å²) in [6, 6.07) is 12.2. The molecule has 2 N–H and O–H groups in total. The van der Waals surface area contributed by atoms with E-state index in [1.54, 1.807) is 36.4 Å². The van der Waals surface area contributed by atoms with E-state index in [-0.39, 0.29) is 35.9 Å². The van der Waals surface area contributed by atoms with Crippen molar-refractivity contribution >= 4 is 25.8 Å². The van der Waals surface area contributed by atoms with E-state index < -0.39 is 31.5 Å². The number of hydrogen-bond donors (Lipinski definition) is 2. The predicted molar refractivity (Wildman–Crippen MR) is 157 cm³/mol. The van der Waals surface area contributed by atoms with Gasteiger partial charge in [-0.3, -0.25) is 4.79 Å². The molecular formula is C30H40N2O7S2. The summed E-state index contributed by atoms with van der Waals surface area (Å²) in [6.45, 7) is -0.259. The second-order valence-electron chi connectivity index (χ2n) is 11.5. The monoisotopic (exact) mass is 604 g/mol. The Morgan fingerprint density at radius 3 is 2.07 bits per heavy atom. The van der Waals surface area contributed by atoms with Crippen LogP contribution in [0.25, 0.3) is 11.1 Å². The highest BCUT2D eigenvalue weighted by atomic mass is 32.2. The lowest BCUT2D eigenvalue weighted by molar-refractivity contribution is -0.118. The zero-order valence-corrected chi connectivity index (χ0v) is 25.1. The number of sulfone groups is 1. The van der Waals surface area contributed by atoms with Crippen molar-refractivity contribution in [3.8, 4) is 16.9 Å². The highest BCUT2D eigenvalue weighted by Crippen LogP contribution is 2.51. The number of carbonyl (C=O) groups is 1. The Bertz CT molecular complexity index is 1440. The van der Waals surface area contributed by atoms with Gasteiger partial charge in [0.25, 0.3) is 0 Å². The molecule has 2 aromatic carbocycles.